The summed E-state index contributed by atoms with van der Waals surface area (Å²) in [5.74, 6) is -2.65. The smallest absolute Gasteiger partial charge is 0.309 e. The van der Waals surface area contributed by atoms with Gasteiger partial charge in [-0.25, -0.2) is 0 Å². The molecule has 2 N–H and O–H groups in total. The van der Waals surface area contributed by atoms with E-state index in [0.717, 1.165) is 12.0 Å². The number of esters is 2. The molecule has 4 atom stereocenters. The lowest BCUT2D eigenvalue weighted by Gasteiger charge is -2.29. The van der Waals surface area contributed by atoms with Gasteiger partial charge in [-0.15, -0.1) is 0 Å². The fraction of sp³-hybridized carbons (Fsp3) is 0.600. The number of nitrogens with zero attached hydrogens (tertiary/aromatic N) is 1. The van der Waals surface area contributed by atoms with Gasteiger partial charge in [0, 0.05) is 13.0 Å². The van der Waals surface area contributed by atoms with Crippen LogP contribution >= 0.6 is 0 Å². The molecule has 9 heteroatoms. The Bertz CT molecular complexity index is 1020. The number of hydrogen-bond donors (Lipinski definition) is 2. The van der Waals surface area contributed by atoms with Crippen molar-refractivity contribution in [3.05, 3.63) is 48.0 Å². The van der Waals surface area contributed by atoms with Crippen LogP contribution < -0.4 is 5.32 Å². The quantitative estimate of drug-likeness (QED) is 0.383. The molecule has 1 saturated heterocycles. The Kier molecular flexibility index (Phi) is 11.1. The SMILES string of the molecule is CC(C)(C)OC(=O)C[C@@H]1C/C=C\C[C@@H](CC(=O)N[C@@H](CO)Cc2ccccc2)C(=O)N2CCC[C@@H]2COC1=O. The number of nitrogens with one attached hydrogen (secondary N) is 1. The van der Waals surface area contributed by atoms with E-state index in [9.17, 15) is 24.3 Å². The molecule has 3 rings (SSSR count). The van der Waals surface area contributed by atoms with E-state index in [1.54, 1.807) is 37.8 Å². The van der Waals surface area contributed by atoms with Gasteiger partial charge in [-0.2, -0.15) is 0 Å². The van der Waals surface area contributed by atoms with Crippen molar-refractivity contribution in [2.24, 2.45) is 11.8 Å². The lowest BCUT2D eigenvalue weighted by molar-refractivity contribution is -0.162. The second-order valence-corrected chi connectivity index (χ2v) is 11.4. The summed E-state index contributed by atoms with van der Waals surface area (Å²) in [6, 6.07) is 8.88. The first-order valence-corrected chi connectivity index (χ1v) is 13.8. The zero-order valence-corrected chi connectivity index (χ0v) is 23.3. The van der Waals surface area contributed by atoms with Crippen molar-refractivity contribution in [1.82, 2.24) is 10.2 Å². The first kappa shape index (κ1) is 30.3. The van der Waals surface area contributed by atoms with Crippen LogP contribution in [-0.2, 0) is 35.1 Å². The Labute approximate surface area is 230 Å². The minimum Gasteiger partial charge on any atom is -0.463 e. The number of benzene rings is 1. The Morgan fingerprint density at radius 1 is 1.10 bits per heavy atom. The van der Waals surface area contributed by atoms with Crippen LogP contribution in [0, 0.1) is 11.8 Å². The molecule has 0 spiro atoms. The maximum absolute atomic E-state index is 13.5. The predicted molar refractivity (Wildman–Crippen MR) is 145 cm³/mol. The van der Waals surface area contributed by atoms with Crippen LogP contribution in [0.4, 0.5) is 0 Å². The lowest BCUT2D eigenvalue weighted by Crippen LogP contribution is -2.45. The van der Waals surface area contributed by atoms with Gasteiger partial charge < -0.3 is 24.8 Å². The molecule has 0 aromatic heterocycles. The van der Waals surface area contributed by atoms with Gasteiger partial charge in [0.1, 0.15) is 12.2 Å². The molecule has 39 heavy (non-hydrogen) atoms. The van der Waals surface area contributed by atoms with Crippen molar-refractivity contribution in [2.75, 3.05) is 19.8 Å². The average molecular weight is 543 g/mol. The Balaban J connectivity index is 1.69. The maximum Gasteiger partial charge on any atom is 0.309 e. The van der Waals surface area contributed by atoms with E-state index in [0.29, 0.717) is 25.8 Å². The second kappa shape index (κ2) is 14.3. The number of aliphatic hydroxyl groups excluding tert-OH is 1. The summed E-state index contributed by atoms with van der Waals surface area (Å²) in [5, 5.41) is 12.7. The molecule has 2 heterocycles. The Hall–Kier alpha value is -3.20. The van der Waals surface area contributed by atoms with Crippen LogP contribution in [0.2, 0.25) is 0 Å². The van der Waals surface area contributed by atoms with Gasteiger partial charge in [0.2, 0.25) is 11.8 Å². The van der Waals surface area contributed by atoms with Crippen LogP contribution in [-0.4, -0.2) is 71.2 Å². The normalized spacial score (nSPS) is 24.0. The molecular formula is C30H42N2O7. The van der Waals surface area contributed by atoms with Crippen LogP contribution in [0.25, 0.3) is 0 Å². The van der Waals surface area contributed by atoms with Gasteiger partial charge in [0.05, 0.1) is 36.9 Å². The highest BCUT2D eigenvalue weighted by Gasteiger charge is 2.36. The molecule has 2 aliphatic rings. The molecule has 0 unspecified atom stereocenters. The third kappa shape index (κ3) is 9.80. The molecular weight excluding hydrogens is 500 g/mol. The highest BCUT2D eigenvalue weighted by atomic mass is 16.6. The van der Waals surface area contributed by atoms with Crippen LogP contribution in [0.1, 0.15) is 64.9 Å². The summed E-state index contributed by atoms with van der Waals surface area (Å²) >= 11 is 0. The van der Waals surface area contributed by atoms with Crippen molar-refractivity contribution in [3.8, 4) is 0 Å². The van der Waals surface area contributed by atoms with E-state index in [4.69, 9.17) is 9.47 Å². The average Bonchev–Trinajstić information content (AvgIpc) is 3.35. The van der Waals surface area contributed by atoms with Crippen molar-refractivity contribution in [1.29, 1.82) is 0 Å². The highest BCUT2D eigenvalue weighted by Crippen LogP contribution is 2.26. The number of amides is 2. The van der Waals surface area contributed by atoms with Gasteiger partial charge in [-0.1, -0.05) is 42.5 Å². The van der Waals surface area contributed by atoms with Gasteiger partial charge in [-0.3, -0.25) is 19.2 Å². The number of allylic oxidation sites excluding steroid dienone is 2. The number of hydrogen-bond acceptors (Lipinski definition) is 7. The Morgan fingerprint density at radius 3 is 2.46 bits per heavy atom. The molecule has 214 valence electrons. The largest absolute Gasteiger partial charge is 0.463 e. The van der Waals surface area contributed by atoms with E-state index < -0.39 is 35.4 Å². The number of rotatable bonds is 8. The summed E-state index contributed by atoms with van der Waals surface area (Å²) in [5.41, 5.74) is 0.342. The van der Waals surface area contributed by atoms with E-state index >= 15 is 0 Å². The van der Waals surface area contributed by atoms with E-state index in [1.165, 1.54) is 0 Å². The van der Waals surface area contributed by atoms with E-state index in [-0.39, 0.29) is 50.3 Å². The molecule has 1 aromatic carbocycles. The monoisotopic (exact) mass is 542 g/mol. The number of aliphatic hydroxyl groups is 1. The number of ether oxygens (including phenoxy) is 2. The topological polar surface area (TPSA) is 122 Å². The van der Waals surface area contributed by atoms with Gasteiger partial charge in [0.25, 0.3) is 0 Å². The first-order valence-electron chi connectivity index (χ1n) is 13.8. The third-order valence-corrected chi connectivity index (χ3v) is 6.94. The minimum atomic E-state index is -0.689. The van der Waals surface area contributed by atoms with Crippen LogP contribution in [0.3, 0.4) is 0 Å². The molecule has 0 radical (unpaired) electrons. The molecule has 0 bridgehead atoms. The maximum atomic E-state index is 13.5. The summed E-state index contributed by atoms with van der Waals surface area (Å²) in [7, 11) is 0. The third-order valence-electron chi connectivity index (χ3n) is 6.94. The van der Waals surface area contributed by atoms with Crippen LogP contribution in [0.15, 0.2) is 42.5 Å². The highest BCUT2D eigenvalue weighted by molar-refractivity contribution is 5.86. The zero-order chi connectivity index (χ0) is 28.4. The molecule has 1 aromatic rings. The van der Waals surface area contributed by atoms with Crippen LogP contribution in [0.5, 0.6) is 0 Å². The number of carbonyl (C=O) groups is 4. The second-order valence-electron chi connectivity index (χ2n) is 11.4. The van der Waals surface area contributed by atoms with Crippen molar-refractivity contribution in [3.63, 3.8) is 0 Å². The standard InChI is InChI=1S/C30H42N2O7/c1-30(2,3)39-27(35)18-23-13-8-7-12-22(28(36)32-15-9-14-25(32)20-38-29(23)37)17-26(34)31-24(19-33)16-21-10-5-4-6-11-21/h4-8,10-11,22-25,33H,9,12-20H2,1-3H3,(H,31,34)/b8-7-/t22-,23-,24+,25+/m0/s1. The zero-order valence-electron chi connectivity index (χ0n) is 23.3. The molecule has 0 aliphatic carbocycles. The summed E-state index contributed by atoms with van der Waals surface area (Å²) < 4.78 is 11.0. The first-order chi connectivity index (χ1) is 18.6. The van der Waals surface area contributed by atoms with Gasteiger partial charge in [0.15, 0.2) is 0 Å². The molecule has 0 saturated carbocycles. The fourth-order valence-corrected chi connectivity index (χ4v) is 5.04. The number of fused-ring (bicyclic) bond motifs is 1. The number of carbonyl (C=O) groups excluding carboxylic acids is 4. The lowest BCUT2D eigenvalue weighted by atomic mass is 9.95. The van der Waals surface area contributed by atoms with Gasteiger partial charge in [-0.05, 0) is 58.4 Å². The molecule has 1 fully saturated rings. The minimum absolute atomic E-state index is 0.0151. The van der Waals surface area contributed by atoms with Crippen molar-refractivity contribution >= 4 is 23.8 Å². The predicted octanol–water partition coefficient (Wildman–Crippen LogP) is 2.94. The number of cyclic esters (lactones) is 1. The molecule has 2 amide bonds. The van der Waals surface area contributed by atoms with E-state index in [2.05, 4.69) is 5.32 Å². The molecule has 2 aliphatic heterocycles. The fourth-order valence-electron chi connectivity index (χ4n) is 5.04. The van der Waals surface area contributed by atoms with Crippen molar-refractivity contribution < 1.29 is 33.8 Å². The Morgan fingerprint density at radius 2 is 1.79 bits per heavy atom. The summed E-state index contributed by atoms with van der Waals surface area (Å²) in [4.78, 5) is 53.4. The van der Waals surface area contributed by atoms with Gasteiger partial charge >= 0.3 is 11.9 Å². The summed E-state index contributed by atoms with van der Waals surface area (Å²) in [6.45, 7) is 5.71. The summed E-state index contributed by atoms with van der Waals surface area (Å²) in [6.07, 6.45) is 6.02. The molecule has 9 nitrogen and oxygen atoms in total. The van der Waals surface area contributed by atoms with Crippen molar-refractivity contribution in [2.45, 2.75) is 83.4 Å². The van der Waals surface area contributed by atoms with E-state index in [1.807, 2.05) is 30.3 Å².